The Kier molecular flexibility index (Phi) is 8.68. The molecule has 1 saturated heterocycles. The Morgan fingerprint density at radius 2 is 1.79 bits per heavy atom. The first-order chi connectivity index (χ1) is 9.24. The minimum absolute atomic E-state index is 0.213. The summed E-state index contributed by atoms with van der Waals surface area (Å²) < 4.78 is 20.3. The lowest BCUT2D eigenvalue weighted by Gasteiger charge is -2.10. The number of esters is 1. The van der Waals surface area contributed by atoms with Crippen molar-refractivity contribution in [1.29, 1.82) is 0 Å². The van der Waals surface area contributed by atoms with E-state index in [2.05, 4.69) is 5.32 Å². The zero-order valence-corrected chi connectivity index (χ0v) is 11.3. The third-order valence-electron chi connectivity index (χ3n) is 2.67. The summed E-state index contributed by atoms with van der Waals surface area (Å²) in [6.07, 6.45) is -0.0504. The van der Waals surface area contributed by atoms with Gasteiger partial charge in [0, 0.05) is 20.1 Å². The summed E-state index contributed by atoms with van der Waals surface area (Å²) in [4.78, 5) is 11.5. The van der Waals surface area contributed by atoms with Crippen molar-refractivity contribution in [2.75, 3.05) is 53.3 Å². The SMILES string of the molecule is COCCOCCOCCOC(=O)[C@@H]1CC(O)CN1. The molecule has 2 N–H and O–H groups in total. The highest BCUT2D eigenvalue weighted by atomic mass is 16.6. The molecule has 1 heterocycles. The van der Waals surface area contributed by atoms with Crippen LogP contribution in [0.3, 0.4) is 0 Å². The van der Waals surface area contributed by atoms with E-state index in [0.29, 0.717) is 46.0 Å². The van der Waals surface area contributed by atoms with Gasteiger partial charge in [-0.2, -0.15) is 0 Å². The van der Waals surface area contributed by atoms with Crippen LogP contribution in [-0.4, -0.2) is 76.5 Å². The second kappa shape index (κ2) is 10.1. The Balaban J connectivity index is 1.86. The summed E-state index contributed by atoms with van der Waals surface area (Å²) in [6.45, 7) is 3.06. The van der Waals surface area contributed by atoms with Crippen LogP contribution in [0, 0.1) is 0 Å². The van der Waals surface area contributed by atoms with Crippen LogP contribution in [0.25, 0.3) is 0 Å². The fourth-order valence-corrected chi connectivity index (χ4v) is 1.66. The maximum absolute atomic E-state index is 11.5. The minimum atomic E-state index is -0.460. The quantitative estimate of drug-likeness (QED) is 0.388. The van der Waals surface area contributed by atoms with Crippen LogP contribution in [0.1, 0.15) is 6.42 Å². The lowest BCUT2D eigenvalue weighted by atomic mass is 10.2. The molecule has 0 bridgehead atoms. The number of hydrogen-bond donors (Lipinski definition) is 2. The van der Waals surface area contributed by atoms with Crippen LogP contribution in [0.4, 0.5) is 0 Å². The van der Waals surface area contributed by atoms with Gasteiger partial charge in [-0.1, -0.05) is 0 Å². The zero-order chi connectivity index (χ0) is 13.9. The van der Waals surface area contributed by atoms with Crippen LogP contribution < -0.4 is 5.32 Å². The smallest absolute Gasteiger partial charge is 0.323 e. The molecule has 0 aromatic carbocycles. The Labute approximate surface area is 113 Å². The molecule has 7 nitrogen and oxygen atoms in total. The minimum Gasteiger partial charge on any atom is -0.462 e. The molecule has 0 aromatic rings. The van der Waals surface area contributed by atoms with Gasteiger partial charge in [-0.25, -0.2) is 0 Å². The highest BCUT2D eigenvalue weighted by molar-refractivity contribution is 5.76. The molecule has 0 spiro atoms. The lowest BCUT2D eigenvalue weighted by molar-refractivity contribution is -0.147. The predicted molar refractivity (Wildman–Crippen MR) is 66.9 cm³/mol. The summed E-state index contributed by atoms with van der Waals surface area (Å²) in [6, 6.07) is -0.396. The number of methoxy groups -OCH3 is 1. The van der Waals surface area contributed by atoms with E-state index in [1.165, 1.54) is 0 Å². The van der Waals surface area contributed by atoms with Crippen LogP contribution in [0.15, 0.2) is 0 Å². The molecule has 1 aliphatic heterocycles. The molecule has 1 rings (SSSR count). The van der Waals surface area contributed by atoms with E-state index in [1.54, 1.807) is 7.11 Å². The van der Waals surface area contributed by atoms with E-state index in [1.807, 2.05) is 0 Å². The van der Waals surface area contributed by atoms with Crippen molar-refractivity contribution >= 4 is 5.97 Å². The number of aliphatic hydroxyl groups excluding tert-OH is 1. The topological polar surface area (TPSA) is 86.2 Å². The first kappa shape index (κ1) is 16.3. The van der Waals surface area contributed by atoms with Crippen molar-refractivity contribution in [2.45, 2.75) is 18.6 Å². The van der Waals surface area contributed by atoms with Crippen LogP contribution in [0.5, 0.6) is 0 Å². The zero-order valence-electron chi connectivity index (χ0n) is 11.3. The first-order valence-corrected chi connectivity index (χ1v) is 6.46. The van der Waals surface area contributed by atoms with Gasteiger partial charge in [0.25, 0.3) is 0 Å². The van der Waals surface area contributed by atoms with Gasteiger partial charge < -0.3 is 29.4 Å². The molecule has 0 radical (unpaired) electrons. The van der Waals surface area contributed by atoms with Gasteiger partial charge >= 0.3 is 5.97 Å². The van der Waals surface area contributed by atoms with Crippen LogP contribution >= 0.6 is 0 Å². The summed E-state index contributed by atoms with van der Waals surface area (Å²) in [5.74, 6) is -0.337. The van der Waals surface area contributed by atoms with E-state index >= 15 is 0 Å². The molecule has 1 unspecified atom stereocenters. The average molecular weight is 277 g/mol. The second-order valence-corrected chi connectivity index (χ2v) is 4.24. The summed E-state index contributed by atoms with van der Waals surface area (Å²) in [5, 5.41) is 12.2. The third-order valence-corrected chi connectivity index (χ3v) is 2.67. The van der Waals surface area contributed by atoms with Gasteiger partial charge in [0.1, 0.15) is 12.6 Å². The lowest BCUT2D eigenvalue weighted by Crippen LogP contribution is -2.33. The van der Waals surface area contributed by atoms with E-state index in [-0.39, 0.29) is 12.6 Å². The molecule has 0 saturated carbocycles. The van der Waals surface area contributed by atoms with Crippen molar-refractivity contribution in [3.8, 4) is 0 Å². The van der Waals surface area contributed by atoms with Gasteiger partial charge in [0.2, 0.25) is 0 Å². The van der Waals surface area contributed by atoms with Crippen molar-refractivity contribution in [2.24, 2.45) is 0 Å². The van der Waals surface area contributed by atoms with E-state index in [0.717, 1.165) is 0 Å². The number of hydrogen-bond acceptors (Lipinski definition) is 7. The number of rotatable bonds is 10. The molecule has 0 aromatic heterocycles. The Bertz CT molecular complexity index is 250. The molecule has 0 aliphatic carbocycles. The number of carbonyl (C=O) groups excluding carboxylic acids is 1. The van der Waals surface area contributed by atoms with Gasteiger partial charge in [-0.15, -0.1) is 0 Å². The number of nitrogens with one attached hydrogen (secondary N) is 1. The van der Waals surface area contributed by atoms with Gasteiger partial charge in [0.05, 0.1) is 39.1 Å². The molecule has 0 amide bonds. The number of β-amino-alcohol motifs (C(OH)–C–C–N with tert-alkyl or cyclic N) is 1. The maximum Gasteiger partial charge on any atom is 0.323 e. The summed E-state index contributed by atoms with van der Waals surface area (Å²) >= 11 is 0. The van der Waals surface area contributed by atoms with Gasteiger partial charge in [0.15, 0.2) is 0 Å². The average Bonchev–Trinajstić information content (AvgIpc) is 2.83. The Morgan fingerprint density at radius 3 is 2.37 bits per heavy atom. The molecular formula is C12H23NO6. The van der Waals surface area contributed by atoms with Gasteiger partial charge in [-0.05, 0) is 0 Å². The van der Waals surface area contributed by atoms with Crippen molar-refractivity contribution in [3.05, 3.63) is 0 Å². The van der Waals surface area contributed by atoms with Crippen molar-refractivity contribution in [1.82, 2.24) is 5.32 Å². The van der Waals surface area contributed by atoms with Crippen molar-refractivity contribution < 1.29 is 28.8 Å². The monoisotopic (exact) mass is 277 g/mol. The highest BCUT2D eigenvalue weighted by Gasteiger charge is 2.28. The molecule has 1 aliphatic rings. The van der Waals surface area contributed by atoms with E-state index in [4.69, 9.17) is 18.9 Å². The number of ether oxygens (including phenoxy) is 4. The molecule has 2 atom stereocenters. The molecular weight excluding hydrogens is 254 g/mol. The van der Waals surface area contributed by atoms with Crippen molar-refractivity contribution in [3.63, 3.8) is 0 Å². The van der Waals surface area contributed by atoms with Gasteiger partial charge in [-0.3, -0.25) is 4.79 Å². The second-order valence-electron chi connectivity index (χ2n) is 4.24. The largest absolute Gasteiger partial charge is 0.462 e. The normalized spacial score (nSPS) is 22.6. The van der Waals surface area contributed by atoms with Crippen LogP contribution in [0.2, 0.25) is 0 Å². The maximum atomic E-state index is 11.5. The number of aliphatic hydroxyl groups is 1. The number of carbonyl (C=O) groups is 1. The predicted octanol–water partition coefficient (Wildman–Crippen LogP) is -1.07. The molecule has 19 heavy (non-hydrogen) atoms. The molecule has 1 fully saturated rings. The van der Waals surface area contributed by atoms with E-state index in [9.17, 15) is 9.90 Å². The first-order valence-electron chi connectivity index (χ1n) is 6.46. The summed E-state index contributed by atoms with van der Waals surface area (Å²) in [5.41, 5.74) is 0. The fourth-order valence-electron chi connectivity index (χ4n) is 1.66. The van der Waals surface area contributed by atoms with Crippen LogP contribution in [-0.2, 0) is 23.7 Å². The van der Waals surface area contributed by atoms with E-state index < -0.39 is 12.1 Å². The molecule has 112 valence electrons. The standard InChI is InChI=1S/C12H23NO6/c1-16-2-3-17-4-5-18-6-7-19-12(15)11-8-10(14)9-13-11/h10-11,13-14H,2-9H2,1H3/t10?,11-/m0/s1. The molecule has 7 heteroatoms. The highest BCUT2D eigenvalue weighted by Crippen LogP contribution is 2.07. The summed E-state index contributed by atoms with van der Waals surface area (Å²) in [7, 11) is 1.62. The fraction of sp³-hybridized carbons (Fsp3) is 0.917. The third kappa shape index (κ3) is 7.44. The Morgan fingerprint density at radius 1 is 1.16 bits per heavy atom. The Hall–Kier alpha value is -0.730.